The summed E-state index contributed by atoms with van der Waals surface area (Å²) in [6.07, 6.45) is 3.85. The van der Waals surface area contributed by atoms with Gasteiger partial charge in [-0.2, -0.15) is 0 Å². The van der Waals surface area contributed by atoms with Crippen LogP contribution >= 0.6 is 0 Å². The number of sulfonamides is 1. The summed E-state index contributed by atoms with van der Waals surface area (Å²) < 4.78 is 24.8. The number of amides is 1. The fourth-order valence-electron chi connectivity index (χ4n) is 2.16. The van der Waals surface area contributed by atoms with Gasteiger partial charge in [0.1, 0.15) is 6.04 Å². The summed E-state index contributed by atoms with van der Waals surface area (Å²) in [6.45, 7) is 0.715. The molecule has 1 aliphatic heterocycles. The van der Waals surface area contributed by atoms with Gasteiger partial charge in [-0.15, -0.1) is 0 Å². The summed E-state index contributed by atoms with van der Waals surface area (Å²) in [5, 5.41) is 6.00. The monoisotopic (exact) mass is 297 g/mol. The van der Waals surface area contributed by atoms with E-state index in [1.165, 1.54) is 0 Å². The van der Waals surface area contributed by atoms with Crippen LogP contribution in [0.25, 0.3) is 0 Å². The Labute approximate surface area is 119 Å². The Hall–Kier alpha value is -1.76. The van der Waals surface area contributed by atoms with E-state index < -0.39 is 10.0 Å². The Bertz CT molecular complexity index is 586. The zero-order chi connectivity index (χ0) is 14.6. The average Bonchev–Trinajstić information content (AvgIpc) is 2.53. The molecule has 0 saturated carbocycles. The lowest BCUT2D eigenvalue weighted by molar-refractivity contribution is -0.121. The number of hydrogen-bond donors (Lipinski definition) is 3. The molecule has 1 atom stereocenters. The zero-order valence-electron chi connectivity index (χ0n) is 11.3. The van der Waals surface area contributed by atoms with E-state index >= 15 is 0 Å². The Morgan fingerprint density at radius 3 is 2.75 bits per heavy atom. The van der Waals surface area contributed by atoms with Gasteiger partial charge in [-0.05, 0) is 37.5 Å². The van der Waals surface area contributed by atoms with Gasteiger partial charge in [0.05, 0.1) is 11.9 Å². The van der Waals surface area contributed by atoms with E-state index in [0.29, 0.717) is 12.2 Å². The number of benzene rings is 1. The van der Waals surface area contributed by atoms with Gasteiger partial charge in [0.2, 0.25) is 15.9 Å². The third-order valence-electron chi connectivity index (χ3n) is 3.04. The first-order chi connectivity index (χ1) is 9.44. The van der Waals surface area contributed by atoms with Gasteiger partial charge in [0, 0.05) is 12.2 Å². The highest BCUT2D eigenvalue weighted by Gasteiger charge is 2.20. The van der Waals surface area contributed by atoms with Gasteiger partial charge >= 0.3 is 0 Å². The predicted molar refractivity (Wildman–Crippen MR) is 79.2 cm³/mol. The number of carbonyl (C=O) groups excluding carboxylic acids is 1. The van der Waals surface area contributed by atoms with E-state index in [1.54, 1.807) is 18.2 Å². The lowest BCUT2D eigenvalue weighted by Crippen LogP contribution is -2.37. The normalized spacial score (nSPS) is 19.9. The van der Waals surface area contributed by atoms with Crippen LogP contribution in [0.3, 0.4) is 0 Å². The third-order valence-corrected chi connectivity index (χ3v) is 3.65. The Morgan fingerprint density at radius 1 is 1.25 bits per heavy atom. The molecule has 1 amide bonds. The molecule has 0 spiro atoms. The second kappa shape index (κ2) is 6.13. The molecule has 0 aliphatic carbocycles. The molecule has 20 heavy (non-hydrogen) atoms. The summed E-state index contributed by atoms with van der Waals surface area (Å²) in [4.78, 5) is 11.8. The highest BCUT2D eigenvalue weighted by atomic mass is 32.2. The molecule has 3 N–H and O–H groups in total. The third kappa shape index (κ3) is 4.41. The van der Waals surface area contributed by atoms with Crippen LogP contribution in [0.2, 0.25) is 0 Å². The quantitative estimate of drug-likeness (QED) is 0.777. The summed E-state index contributed by atoms with van der Waals surface area (Å²) in [6, 6.07) is 6.63. The van der Waals surface area contributed by atoms with E-state index in [-0.39, 0.29) is 11.9 Å². The largest absolute Gasteiger partial charge is 0.374 e. The molecule has 0 aromatic heterocycles. The Balaban J connectivity index is 2.09. The maximum absolute atomic E-state index is 11.8. The molecular weight excluding hydrogens is 278 g/mol. The van der Waals surface area contributed by atoms with Crippen molar-refractivity contribution in [2.75, 3.05) is 22.8 Å². The van der Waals surface area contributed by atoms with Gasteiger partial charge in [0.25, 0.3) is 0 Å². The lowest BCUT2D eigenvalue weighted by atomic mass is 10.1. The van der Waals surface area contributed by atoms with Crippen LogP contribution in [-0.4, -0.2) is 33.2 Å². The van der Waals surface area contributed by atoms with Crippen molar-refractivity contribution in [3.05, 3.63) is 24.3 Å². The van der Waals surface area contributed by atoms with Gasteiger partial charge in [-0.1, -0.05) is 6.07 Å². The van der Waals surface area contributed by atoms with Crippen molar-refractivity contribution in [3.63, 3.8) is 0 Å². The number of carbonyl (C=O) groups is 1. The van der Waals surface area contributed by atoms with Gasteiger partial charge in [0.15, 0.2) is 0 Å². The minimum atomic E-state index is -3.30. The highest BCUT2D eigenvalue weighted by molar-refractivity contribution is 7.92. The minimum absolute atomic E-state index is 0.0102. The summed E-state index contributed by atoms with van der Waals surface area (Å²) in [5.41, 5.74) is 1.20. The molecule has 0 bridgehead atoms. The maximum Gasteiger partial charge on any atom is 0.242 e. The average molecular weight is 297 g/mol. The standard InChI is InChI=1S/C13H19N3O3S/c1-20(18,19)16-11-6-4-5-10(9-11)15-12-7-2-3-8-14-13(12)17/h4-6,9,12,15-16H,2-3,7-8H2,1H3,(H,14,17)/t12-/m1/s1. The summed E-state index contributed by atoms with van der Waals surface area (Å²) in [7, 11) is -3.30. The molecule has 7 heteroatoms. The van der Waals surface area contributed by atoms with Gasteiger partial charge in [-0.25, -0.2) is 8.42 Å². The van der Waals surface area contributed by atoms with Crippen molar-refractivity contribution in [1.29, 1.82) is 0 Å². The summed E-state index contributed by atoms with van der Waals surface area (Å²) >= 11 is 0. The van der Waals surface area contributed by atoms with Crippen LogP contribution in [0.5, 0.6) is 0 Å². The first-order valence-corrected chi connectivity index (χ1v) is 8.45. The van der Waals surface area contributed by atoms with Crippen molar-refractivity contribution in [1.82, 2.24) is 5.32 Å². The highest BCUT2D eigenvalue weighted by Crippen LogP contribution is 2.18. The van der Waals surface area contributed by atoms with Crippen molar-refractivity contribution >= 4 is 27.3 Å². The molecule has 1 aromatic rings. The predicted octanol–water partition coefficient (Wildman–Crippen LogP) is 1.14. The van der Waals surface area contributed by atoms with Crippen LogP contribution in [0.4, 0.5) is 11.4 Å². The Kier molecular flexibility index (Phi) is 4.49. The molecule has 1 saturated heterocycles. The molecule has 1 aromatic carbocycles. The second-order valence-electron chi connectivity index (χ2n) is 4.94. The van der Waals surface area contributed by atoms with Crippen LogP contribution in [0.15, 0.2) is 24.3 Å². The summed E-state index contributed by atoms with van der Waals surface area (Å²) in [5.74, 6) is -0.0102. The van der Waals surface area contributed by atoms with E-state index in [4.69, 9.17) is 0 Å². The van der Waals surface area contributed by atoms with Gasteiger partial charge < -0.3 is 10.6 Å². The molecule has 1 heterocycles. The molecule has 1 aliphatic rings. The van der Waals surface area contributed by atoms with Crippen LogP contribution in [0.1, 0.15) is 19.3 Å². The van der Waals surface area contributed by atoms with Crippen LogP contribution in [-0.2, 0) is 14.8 Å². The van der Waals surface area contributed by atoms with E-state index in [9.17, 15) is 13.2 Å². The van der Waals surface area contributed by atoms with Crippen molar-refractivity contribution in [3.8, 4) is 0 Å². The van der Waals surface area contributed by atoms with E-state index in [2.05, 4.69) is 15.4 Å². The number of anilines is 2. The topological polar surface area (TPSA) is 87.3 Å². The molecule has 110 valence electrons. The van der Waals surface area contributed by atoms with Crippen LogP contribution < -0.4 is 15.4 Å². The molecule has 0 unspecified atom stereocenters. The Morgan fingerprint density at radius 2 is 2.00 bits per heavy atom. The molecule has 0 radical (unpaired) electrons. The number of hydrogen-bond acceptors (Lipinski definition) is 4. The van der Waals surface area contributed by atoms with Crippen molar-refractivity contribution in [2.24, 2.45) is 0 Å². The first-order valence-electron chi connectivity index (χ1n) is 6.56. The van der Waals surface area contributed by atoms with Crippen molar-refractivity contribution in [2.45, 2.75) is 25.3 Å². The number of nitrogens with one attached hydrogen (secondary N) is 3. The fourth-order valence-corrected chi connectivity index (χ4v) is 2.72. The molecule has 2 rings (SSSR count). The van der Waals surface area contributed by atoms with Gasteiger partial charge in [-0.3, -0.25) is 9.52 Å². The van der Waals surface area contributed by atoms with E-state index in [1.807, 2.05) is 6.07 Å². The SMILES string of the molecule is CS(=O)(=O)Nc1cccc(N[C@@H]2CCCCNC2=O)c1. The first kappa shape index (κ1) is 14.6. The van der Waals surface area contributed by atoms with Crippen LogP contribution in [0, 0.1) is 0 Å². The molecule has 1 fully saturated rings. The molecule has 6 nitrogen and oxygen atoms in total. The van der Waals surface area contributed by atoms with Crippen molar-refractivity contribution < 1.29 is 13.2 Å². The second-order valence-corrected chi connectivity index (χ2v) is 6.69. The maximum atomic E-state index is 11.8. The van der Waals surface area contributed by atoms with E-state index in [0.717, 1.165) is 31.2 Å². The minimum Gasteiger partial charge on any atom is -0.374 e. The fraction of sp³-hybridized carbons (Fsp3) is 0.462. The smallest absolute Gasteiger partial charge is 0.242 e. The lowest BCUT2D eigenvalue weighted by Gasteiger charge is -2.17. The molecular formula is C13H19N3O3S. The number of rotatable bonds is 4. The zero-order valence-corrected chi connectivity index (χ0v) is 12.2.